The van der Waals surface area contributed by atoms with E-state index in [9.17, 15) is 25.2 Å². The Hall–Kier alpha value is -0.750. The summed E-state index contributed by atoms with van der Waals surface area (Å²) >= 11 is 0. The number of Topliss-reactive ketones (excluding diaryl/α,β-unsaturated/α-hetero) is 1. The van der Waals surface area contributed by atoms with E-state index in [2.05, 4.69) is 13.0 Å². The standard InChI is InChI=1S/C21H32O5/c1-11(22)14-7-9-21(26)15-5-4-12-10-13(23)6-8-19(12,2)16(15)17(24)18(25)20(14,21)3/h4,13-18,23-26H,5-10H2,1-3H3/t13-,14+,15+,16+,17+,18+,19-,20-,21-/m0/s1. The van der Waals surface area contributed by atoms with Crippen LogP contribution in [0.15, 0.2) is 11.6 Å². The molecule has 3 saturated carbocycles. The molecule has 5 heteroatoms. The van der Waals surface area contributed by atoms with Gasteiger partial charge in [-0.15, -0.1) is 0 Å². The predicted molar refractivity (Wildman–Crippen MR) is 96.1 cm³/mol. The van der Waals surface area contributed by atoms with E-state index in [-0.39, 0.29) is 29.1 Å². The Bertz CT molecular complexity index is 659. The number of carbonyl (C=O) groups excluding carboxylic acids is 1. The van der Waals surface area contributed by atoms with Gasteiger partial charge in [0.1, 0.15) is 5.78 Å². The molecule has 4 N–H and O–H groups in total. The number of hydrogen-bond donors (Lipinski definition) is 4. The van der Waals surface area contributed by atoms with E-state index in [1.165, 1.54) is 6.92 Å². The first-order valence-electron chi connectivity index (χ1n) is 10.0. The van der Waals surface area contributed by atoms with Crippen LogP contribution in [0.3, 0.4) is 0 Å². The van der Waals surface area contributed by atoms with Crippen LogP contribution in [0.1, 0.15) is 59.3 Å². The Morgan fingerprint density at radius 3 is 2.50 bits per heavy atom. The van der Waals surface area contributed by atoms with Crippen molar-refractivity contribution in [2.75, 3.05) is 0 Å². The molecular weight excluding hydrogens is 332 g/mol. The van der Waals surface area contributed by atoms with Crippen molar-refractivity contribution in [3.05, 3.63) is 11.6 Å². The average molecular weight is 364 g/mol. The SMILES string of the molecule is CC(=O)[C@H]1CC[C@]2(O)[C@@H]3CC=C4C[C@@H](O)CC[C@]4(C)[C@H]3[C@@H](O)[C@@H](O)[C@]12C. The average Bonchev–Trinajstić information content (AvgIpc) is 2.86. The highest BCUT2D eigenvalue weighted by Gasteiger charge is 2.72. The van der Waals surface area contributed by atoms with Crippen molar-refractivity contribution in [2.24, 2.45) is 28.6 Å². The van der Waals surface area contributed by atoms with Gasteiger partial charge in [-0.25, -0.2) is 0 Å². The fraction of sp³-hybridized carbons (Fsp3) is 0.857. The number of aliphatic hydroxyl groups excluding tert-OH is 3. The van der Waals surface area contributed by atoms with E-state index in [4.69, 9.17) is 0 Å². The number of fused-ring (bicyclic) bond motifs is 5. The van der Waals surface area contributed by atoms with Crippen LogP contribution in [0.25, 0.3) is 0 Å². The van der Waals surface area contributed by atoms with Gasteiger partial charge in [-0.05, 0) is 56.8 Å². The zero-order chi connectivity index (χ0) is 19.1. The Morgan fingerprint density at radius 1 is 1.15 bits per heavy atom. The summed E-state index contributed by atoms with van der Waals surface area (Å²) in [5.41, 5.74) is -1.35. The van der Waals surface area contributed by atoms with Crippen molar-refractivity contribution >= 4 is 5.78 Å². The van der Waals surface area contributed by atoms with Gasteiger partial charge in [0.2, 0.25) is 0 Å². The number of hydrogen-bond acceptors (Lipinski definition) is 5. The van der Waals surface area contributed by atoms with Crippen LogP contribution < -0.4 is 0 Å². The van der Waals surface area contributed by atoms with Crippen molar-refractivity contribution in [3.63, 3.8) is 0 Å². The molecule has 0 unspecified atom stereocenters. The van der Waals surface area contributed by atoms with E-state index < -0.39 is 29.1 Å². The Balaban J connectivity index is 1.82. The van der Waals surface area contributed by atoms with Crippen molar-refractivity contribution < 1.29 is 25.2 Å². The van der Waals surface area contributed by atoms with Gasteiger partial charge >= 0.3 is 0 Å². The topological polar surface area (TPSA) is 98.0 Å². The van der Waals surface area contributed by atoms with Gasteiger partial charge in [0.15, 0.2) is 0 Å². The molecule has 0 heterocycles. The Morgan fingerprint density at radius 2 is 1.85 bits per heavy atom. The molecule has 0 aromatic rings. The predicted octanol–water partition coefficient (Wildman–Crippen LogP) is 1.57. The summed E-state index contributed by atoms with van der Waals surface area (Å²) in [5.74, 6) is -0.885. The molecule has 5 nitrogen and oxygen atoms in total. The summed E-state index contributed by atoms with van der Waals surface area (Å²) in [7, 11) is 0. The molecule has 0 radical (unpaired) electrons. The summed E-state index contributed by atoms with van der Waals surface area (Å²) in [6, 6.07) is 0. The molecule has 0 saturated heterocycles. The van der Waals surface area contributed by atoms with Gasteiger partial charge < -0.3 is 20.4 Å². The minimum absolute atomic E-state index is 0.0211. The van der Waals surface area contributed by atoms with E-state index in [0.29, 0.717) is 32.1 Å². The van der Waals surface area contributed by atoms with Gasteiger partial charge in [-0.1, -0.05) is 25.5 Å². The zero-order valence-electron chi connectivity index (χ0n) is 16.0. The normalized spacial score (nSPS) is 56.2. The van der Waals surface area contributed by atoms with Crippen LogP contribution in [0.5, 0.6) is 0 Å². The fourth-order valence-corrected chi connectivity index (χ4v) is 7.34. The summed E-state index contributed by atoms with van der Waals surface area (Å²) in [4.78, 5) is 12.2. The molecular formula is C21H32O5. The Labute approximate surface area is 155 Å². The van der Waals surface area contributed by atoms with Gasteiger partial charge in [0.05, 0.1) is 23.9 Å². The lowest BCUT2D eigenvalue weighted by Crippen LogP contribution is -2.71. The third-order valence-corrected chi connectivity index (χ3v) is 8.85. The molecule has 0 bridgehead atoms. The second kappa shape index (κ2) is 5.63. The molecule has 0 spiro atoms. The highest BCUT2D eigenvalue weighted by Crippen LogP contribution is 2.67. The number of rotatable bonds is 1. The van der Waals surface area contributed by atoms with Crippen LogP contribution in [0.2, 0.25) is 0 Å². The lowest BCUT2D eigenvalue weighted by Gasteiger charge is -2.64. The van der Waals surface area contributed by atoms with E-state index in [1.54, 1.807) is 6.92 Å². The van der Waals surface area contributed by atoms with E-state index in [1.807, 2.05) is 0 Å². The van der Waals surface area contributed by atoms with Crippen LogP contribution in [-0.2, 0) is 4.79 Å². The third-order valence-electron chi connectivity index (χ3n) is 8.85. The molecule has 0 amide bonds. The van der Waals surface area contributed by atoms with Crippen molar-refractivity contribution in [3.8, 4) is 0 Å². The summed E-state index contributed by atoms with van der Waals surface area (Å²) < 4.78 is 0. The van der Waals surface area contributed by atoms with Crippen molar-refractivity contribution in [1.82, 2.24) is 0 Å². The largest absolute Gasteiger partial charge is 0.393 e. The molecule has 4 aliphatic carbocycles. The maximum Gasteiger partial charge on any atom is 0.133 e. The lowest BCUT2D eigenvalue weighted by atomic mass is 9.44. The minimum Gasteiger partial charge on any atom is -0.393 e. The Kier molecular flexibility index (Phi) is 4.03. The maximum absolute atomic E-state index is 12.2. The second-order valence-corrected chi connectivity index (χ2v) is 9.76. The van der Waals surface area contributed by atoms with Gasteiger partial charge in [-0.2, -0.15) is 0 Å². The fourth-order valence-electron chi connectivity index (χ4n) is 7.34. The van der Waals surface area contributed by atoms with Gasteiger partial charge in [0.25, 0.3) is 0 Å². The lowest BCUT2D eigenvalue weighted by molar-refractivity contribution is -0.263. The molecule has 0 aromatic heterocycles. The number of aliphatic hydroxyl groups is 4. The molecule has 0 aliphatic heterocycles. The molecule has 146 valence electrons. The summed E-state index contributed by atoms with van der Waals surface area (Å²) in [5, 5.41) is 44.3. The molecule has 0 aromatic carbocycles. The van der Waals surface area contributed by atoms with Crippen molar-refractivity contribution in [1.29, 1.82) is 0 Å². The second-order valence-electron chi connectivity index (χ2n) is 9.76. The quantitative estimate of drug-likeness (QED) is 0.530. The first-order valence-corrected chi connectivity index (χ1v) is 10.0. The number of allylic oxidation sites excluding steroid dienone is 1. The van der Waals surface area contributed by atoms with E-state index >= 15 is 0 Å². The van der Waals surface area contributed by atoms with Crippen LogP contribution in [-0.4, -0.2) is 50.1 Å². The van der Waals surface area contributed by atoms with E-state index in [0.717, 1.165) is 12.0 Å². The van der Waals surface area contributed by atoms with Crippen LogP contribution in [0, 0.1) is 28.6 Å². The van der Waals surface area contributed by atoms with Crippen LogP contribution in [0.4, 0.5) is 0 Å². The van der Waals surface area contributed by atoms with Gasteiger partial charge in [-0.3, -0.25) is 4.79 Å². The molecule has 4 rings (SSSR count). The maximum atomic E-state index is 12.2. The highest BCUT2D eigenvalue weighted by molar-refractivity contribution is 5.80. The monoisotopic (exact) mass is 364 g/mol. The molecule has 26 heavy (non-hydrogen) atoms. The van der Waals surface area contributed by atoms with Gasteiger partial charge in [0, 0.05) is 17.3 Å². The highest BCUT2D eigenvalue weighted by atomic mass is 16.3. The third kappa shape index (κ3) is 2.03. The molecule has 9 atom stereocenters. The number of ketones is 1. The first-order chi connectivity index (χ1) is 12.1. The number of carbonyl (C=O) groups is 1. The molecule has 4 aliphatic rings. The van der Waals surface area contributed by atoms with Crippen molar-refractivity contribution in [2.45, 2.75) is 83.2 Å². The van der Waals surface area contributed by atoms with Crippen LogP contribution >= 0.6 is 0 Å². The summed E-state index contributed by atoms with van der Waals surface area (Å²) in [6.07, 6.45) is 3.38. The minimum atomic E-state index is -1.16. The summed E-state index contributed by atoms with van der Waals surface area (Å²) in [6.45, 7) is 5.43. The zero-order valence-corrected chi connectivity index (χ0v) is 16.0. The smallest absolute Gasteiger partial charge is 0.133 e. The molecule has 3 fully saturated rings. The first kappa shape index (κ1) is 18.6.